The van der Waals surface area contributed by atoms with Gasteiger partial charge >= 0.3 is 6.09 Å². The predicted octanol–water partition coefficient (Wildman–Crippen LogP) is 0.905. The molecule has 0 heterocycles. The molecule has 0 aromatic carbocycles. The highest BCUT2D eigenvalue weighted by Crippen LogP contribution is 2.11. The molecule has 0 radical (unpaired) electrons. The number of nitrogens with zero attached hydrogens (tertiary/aromatic N) is 1. The van der Waals surface area contributed by atoms with E-state index in [0.29, 0.717) is 6.42 Å². The van der Waals surface area contributed by atoms with Gasteiger partial charge in [0.1, 0.15) is 5.78 Å². The van der Waals surface area contributed by atoms with E-state index >= 15 is 0 Å². The van der Waals surface area contributed by atoms with E-state index in [4.69, 9.17) is 5.11 Å². The number of nitro groups is 1. The maximum absolute atomic E-state index is 11.2. The molecule has 0 aliphatic carbocycles. The van der Waals surface area contributed by atoms with Crippen LogP contribution in [0.15, 0.2) is 0 Å². The zero-order chi connectivity index (χ0) is 12.7. The van der Waals surface area contributed by atoms with E-state index in [1.807, 2.05) is 0 Å². The van der Waals surface area contributed by atoms with Crippen molar-refractivity contribution in [3.63, 3.8) is 0 Å². The molecule has 0 aromatic rings. The number of carbonyl (C=O) groups is 2. The van der Waals surface area contributed by atoms with Crippen LogP contribution in [0.1, 0.15) is 26.7 Å². The van der Waals surface area contributed by atoms with Crippen molar-refractivity contribution in [3.05, 3.63) is 10.1 Å². The summed E-state index contributed by atoms with van der Waals surface area (Å²) in [6.45, 7) is 2.78. The molecule has 7 heteroatoms. The van der Waals surface area contributed by atoms with Gasteiger partial charge in [-0.3, -0.25) is 14.9 Å². The molecule has 2 N–H and O–H groups in total. The Labute approximate surface area is 93.0 Å². The van der Waals surface area contributed by atoms with Gasteiger partial charge in [-0.2, -0.15) is 0 Å². The zero-order valence-corrected chi connectivity index (χ0v) is 9.30. The summed E-state index contributed by atoms with van der Waals surface area (Å²) in [7, 11) is 0. The second-order valence-electron chi connectivity index (χ2n) is 3.61. The number of carboxylic acid groups (broad SMARTS) is 1. The third-order valence-corrected chi connectivity index (χ3v) is 2.33. The van der Waals surface area contributed by atoms with Crippen molar-refractivity contribution in [2.75, 3.05) is 6.54 Å². The van der Waals surface area contributed by atoms with E-state index in [1.54, 1.807) is 6.92 Å². The molecule has 0 saturated carbocycles. The van der Waals surface area contributed by atoms with Crippen LogP contribution in [-0.2, 0) is 4.79 Å². The number of carbonyl (C=O) groups excluding carboxylic acids is 1. The Bertz CT molecular complexity index is 279. The van der Waals surface area contributed by atoms with Crippen molar-refractivity contribution in [2.24, 2.45) is 5.92 Å². The van der Waals surface area contributed by atoms with Crippen LogP contribution in [0.5, 0.6) is 0 Å². The van der Waals surface area contributed by atoms with Crippen LogP contribution in [0, 0.1) is 16.0 Å². The van der Waals surface area contributed by atoms with Crippen LogP contribution in [0.2, 0.25) is 0 Å². The fourth-order valence-corrected chi connectivity index (χ4v) is 1.34. The lowest BCUT2D eigenvalue weighted by molar-refractivity contribution is -0.488. The fourth-order valence-electron chi connectivity index (χ4n) is 1.34. The molecule has 2 atom stereocenters. The number of nitrogens with one attached hydrogen (secondary N) is 1. The van der Waals surface area contributed by atoms with Gasteiger partial charge in [0.15, 0.2) is 0 Å². The van der Waals surface area contributed by atoms with Gasteiger partial charge in [-0.15, -0.1) is 0 Å². The van der Waals surface area contributed by atoms with E-state index < -0.39 is 29.5 Å². The summed E-state index contributed by atoms with van der Waals surface area (Å²) in [5, 5.41) is 21.0. The molecule has 92 valence electrons. The molecule has 0 rings (SSSR count). The molecule has 0 fully saturated rings. The topological polar surface area (TPSA) is 110 Å². The Morgan fingerprint density at radius 3 is 2.44 bits per heavy atom. The maximum Gasteiger partial charge on any atom is 0.404 e. The first-order valence-electron chi connectivity index (χ1n) is 4.99. The first-order chi connectivity index (χ1) is 7.36. The molecule has 7 nitrogen and oxygen atoms in total. The highest BCUT2D eigenvalue weighted by molar-refractivity contribution is 5.78. The smallest absolute Gasteiger partial charge is 0.404 e. The van der Waals surface area contributed by atoms with Crippen LogP contribution >= 0.6 is 0 Å². The average Bonchev–Trinajstić information content (AvgIpc) is 2.14. The molecule has 0 saturated heterocycles. The molecule has 1 amide bonds. The van der Waals surface area contributed by atoms with E-state index in [9.17, 15) is 19.7 Å². The van der Waals surface area contributed by atoms with Gasteiger partial charge in [0.05, 0.1) is 5.92 Å². The van der Waals surface area contributed by atoms with Crippen LogP contribution in [0.4, 0.5) is 4.79 Å². The highest BCUT2D eigenvalue weighted by atomic mass is 16.6. The number of Topliss-reactive ketones (excluding diaryl/α,β-unsaturated/α-hetero) is 1. The fraction of sp³-hybridized carbons (Fsp3) is 0.778. The molecular weight excluding hydrogens is 216 g/mol. The van der Waals surface area contributed by atoms with E-state index in [0.717, 1.165) is 0 Å². The minimum absolute atomic E-state index is 0.0267. The lowest BCUT2D eigenvalue weighted by atomic mass is 9.94. The van der Waals surface area contributed by atoms with Gasteiger partial charge in [-0.1, -0.05) is 6.92 Å². The van der Waals surface area contributed by atoms with Crippen LogP contribution < -0.4 is 5.32 Å². The summed E-state index contributed by atoms with van der Waals surface area (Å²) < 4.78 is 0. The molecular formula is C9H16N2O5. The number of hydrogen-bond acceptors (Lipinski definition) is 4. The van der Waals surface area contributed by atoms with Crippen molar-refractivity contribution in [1.82, 2.24) is 5.32 Å². The summed E-state index contributed by atoms with van der Waals surface area (Å²) in [4.78, 5) is 31.4. The van der Waals surface area contributed by atoms with E-state index in [-0.39, 0.29) is 12.2 Å². The summed E-state index contributed by atoms with van der Waals surface area (Å²) in [5.41, 5.74) is 0. The largest absolute Gasteiger partial charge is 0.465 e. The van der Waals surface area contributed by atoms with Crippen LogP contribution in [0.3, 0.4) is 0 Å². The third kappa shape index (κ3) is 5.94. The number of rotatable bonds is 7. The minimum atomic E-state index is -1.25. The zero-order valence-electron chi connectivity index (χ0n) is 9.30. The monoisotopic (exact) mass is 232 g/mol. The van der Waals surface area contributed by atoms with Crippen LogP contribution in [0.25, 0.3) is 0 Å². The van der Waals surface area contributed by atoms with Crippen molar-refractivity contribution >= 4 is 11.9 Å². The predicted molar refractivity (Wildman–Crippen MR) is 55.9 cm³/mol. The highest BCUT2D eigenvalue weighted by Gasteiger charge is 2.25. The quantitative estimate of drug-likeness (QED) is 0.500. The number of amides is 1. The number of ketones is 1. The van der Waals surface area contributed by atoms with Gasteiger partial charge < -0.3 is 10.4 Å². The standard InChI is InChI=1S/C9H16N2O5/c1-3-8(12)4-7(5-11(15)16)6(2)10-9(13)14/h6-7,10H,3-5H2,1-2H3,(H,13,14)/t6-,7?/m0/s1. The molecule has 16 heavy (non-hydrogen) atoms. The Balaban J connectivity index is 4.45. The minimum Gasteiger partial charge on any atom is -0.465 e. The first kappa shape index (κ1) is 14.3. The average molecular weight is 232 g/mol. The second-order valence-corrected chi connectivity index (χ2v) is 3.61. The van der Waals surface area contributed by atoms with Crippen molar-refractivity contribution in [1.29, 1.82) is 0 Å². The summed E-state index contributed by atoms with van der Waals surface area (Å²) in [6, 6.07) is -0.613. The molecule has 0 aliphatic rings. The lowest BCUT2D eigenvalue weighted by Crippen LogP contribution is -2.40. The molecule has 1 unspecified atom stereocenters. The molecule has 0 aliphatic heterocycles. The van der Waals surface area contributed by atoms with Gasteiger partial charge in [0, 0.05) is 23.8 Å². The molecule has 0 spiro atoms. The first-order valence-corrected chi connectivity index (χ1v) is 4.99. The lowest BCUT2D eigenvalue weighted by Gasteiger charge is -2.19. The van der Waals surface area contributed by atoms with Crippen molar-refractivity contribution < 1.29 is 19.6 Å². The summed E-state index contributed by atoms with van der Waals surface area (Å²) in [6.07, 6.45) is -0.919. The Morgan fingerprint density at radius 2 is 2.06 bits per heavy atom. The number of hydrogen-bond donors (Lipinski definition) is 2. The normalized spacial score (nSPS) is 13.9. The van der Waals surface area contributed by atoms with Gasteiger partial charge in [-0.25, -0.2) is 4.79 Å². The third-order valence-electron chi connectivity index (χ3n) is 2.33. The van der Waals surface area contributed by atoms with Gasteiger partial charge in [0.2, 0.25) is 6.54 Å². The Hall–Kier alpha value is -1.66. The Kier molecular flexibility index (Phi) is 6.06. The van der Waals surface area contributed by atoms with Crippen molar-refractivity contribution in [2.45, 2.75) is 32.7 Å². The SMILES string of the molecule is CCC(=O)CC(C[N+](=O)[O-])[C@H](C)NC(=O)O. The van der Waals surface area contributed by atoms with Gasteiger partial charge in [0.25, 0.3) is 0 Å². The summed E-state index contributed by atoms with van der Waals surface area (Å²) in [5.74, 6) is -0.704. The Morgan fingerprint density at radius 1 is 1.50 bits per heavy atom. The maximum atomic E-state index is 11.2. The second kappa shape index (κ2) is 6.76. The van der Waals surface area contributed by atoms with E-state index in [2.05, 4.69) is 5.32 Å². The van der Waals surface area contributed by atoms with Gasteiger partial charge in [-0.05, 0) is 6.92 Å². The van der Waals surface area contributed by atoms with Crippen LogP contribution in [-0.4, -0.2) is 34.5 Å². The van der Waals surface area contributed by atoms with Crippen molar-refractivity contribution in [3.8, 4) is 0 Å². The molecule has 0 bridgehead atoms. The van der Waals surface area contributed by atoms with E-state index in [1.165, 1.54) is 6.92 Å². The summed E-state index contributed by atoms with van der Waals surface area (Å²) >= 11 is 0. The molecule has 0 aromatic heterocycles.